The number of fused-ring (bicyclic) bond motifs is 1. The van der Waals surface area contributed by atoms with Crippen LogP contribution in [0.25, 0.3) is 0 Å². The normalized spacial score (nSPS) is 30.8. The molecule has 10 heteroatoms. The smallest absolute Gasteiger partial charge is 0.242 e. The van der Waals surface area contributed by atoms with Gasteiger partial charge in [-0.25, -0.2) is 5.43 Å². The minimum absolute atomic E-state index is 0.0118. The van der Waals surface area contributed by atoms with Crippen molar-refractivity contribution in [1.29, 1.82) is 0 Å². The summed E-state index contributed by atoms with van der Waals surface area (Å²) in [6.45, 7) is 12.4. The number of carbonyl (C=O) groups is 1. The molecule has 5 rings (SSSR count). The molecular weight excluding hydrogens is 456 g/mol. The highest BCUT2D eigenvalue weighted by Gasteiger charge is 2.44. The van der Waals surface area contributed by atoms with E-state index in [2.05, 4.69) is 48.4 Å². The molecule has 36 heavy (non-hydrogen) atoms. The van der Waals surface area contributed by atoms with E-state index < -0.39 is 0 Å². The van der Waals surface area contributed by atoms with Crippen molar-refractivity contribution in [2.45, 2.75) is 51.1 Å². The number of likely N-dealkylation sites (N-methyl/N-ethyl adjacent to an activating group) is 1. The zero-order valence-electron chi connectivity index (χ0n) is 21.7. The van der Waals surface area contributed by atoms with Gasteiger partial charge in [-0.05, 0) is 43.7 Å². The molecule has 1 aromatic carbocycles. The first-order valence-electron chi connectivity index (χ1n) is 13.9. The third-order valence-corrected chi connectivity index (χ3v) is 8.11. The standard InChI is InChI=1S/C26H44N8O2/c1-2-32-13-15-33(16-14-32)17-18-36-21-9-7-20(8-10-21)28-24-23-22(19-27-31-25(23)35)29-26(30-24)34-11-5-3-4-6-12-34/h7-10,22-24,26-30H,2-6,11-19H2,1H3,(H,31,35). The lowest BCUT2D eigenvalue weighted by molar-refractivity contribution is -0.132. The highest BCUT2D eigenvalue weighted by molar-refractivity contribution is 5.81. The minimum atomic E-state index is -0.210. The molecule has 0 aromatic heterocycles. The van der Waals surface area contributed by atoms with Gasteiger partial charge in [-0.1, -0.05) is 19.8 Å². The van der Waals surface area contributed by atoms with Crippen molar-refractivity contribution in [3.8, 4) is 5.75 Å². The van der Waals surface area contributed by atoms with E-state index in [4.69, 9.17) is 4.74 Å². The summed E-state index contributed by atoms with van der Waals surface area (Å²) in [6, 6.07) is 8.20. The topological polar surface area (TPSA) is 96.2 Å². The fraction of sp³-hybridized carbons (Fsp3) is 0.731. The van der Waals surface area contributed by atoms with Crippen LogP contribution in [0.4, 0.5) is 5.69 Å². The van der Waals surface area contributed by atoms with Crippen LogP contribution in [-0.4, -0.2) is 105 Å². The van der Waals surface area contributed by atoms with Gasteiger partial charge in [-0.2, -0.15) is 0 Å². The molecule has 0 bridgehead atoms. The van der Waals surface area contributed by atoms with Crippen molar-refractivity contribution in [3.05, 3.63) is 24.3 Å². The Bertz CT molecular complexity index is 824. The lowest BCUT2D eigenvalue weighted by atomic mass is 9.91. The summed E-state index contributed by atoms with van der Waals surface area (Å²) in [4.78, 5) is 20.2. The van der Waals surface area contributed by atoms with E-state index in [-0.39, 0.29) is 30.3 Å². The molecule has 1 aromatic rings. The molecule has 4 fully saturated rings. The Balaban J connectivity index is 1.16. The third-order valence-electron chi connectivity index (χ3n) is 8.11. The maximum Gasteiger partial charge on any atom is 0.242 e. The predicted molar refractivity (Wildman–Crippen MR) is 141 cm³/mol. The molecule has 0 saturated carbocycles. The Hall–Kier alpha value is -1.95. The van der Waals surface area contributed by atoms with Gasteiger partial charge in [-0.15, -0.1) is 0 Å². The number of amides is 1. The van der Waals surface area contributed by atoms with E-state index >= 15 is 0 Å². The molecule has 4 unspecified atom stereocenters. The second kappa shape index (κ2) is 12.5. The number of ether oxygens (including phenoxy) is 1. The molecule has 4 saturated heterocycles. The lowest BCUT2D eigenvalue weighted by Gasteiger charge is -2.48. The van der Waals surface area contributed by atoms with Crippen molar-refractivity contribution < 1.29 is 9.53 Å². The van der Waals surface area contributed by atoms with Crippen LogP contribution in [0.3, 0.4) is 0 Å². The van der Waals surface area contributed by atoms with Crippen molar-refractivity contribution in [3.63, 3.8) is 0 Å². The summed E-state index contributed by atoms with van der Waals surface area (Å²) in [5, 5.41) is 11.0. The largest absolute Gasteiger partial charge is 0.492 e. The number of hydrazine groups is 1. The zero-order chi connectivity index (χ0) is 24.7. The van der Waals surface area contributed by atoms with Gasteiger partial charge in [0.15, 0.2) is 0 Å². The number of benzene rings is 1. The number of anilines is 1. The highest BCUT2D eigenvalue weighted by atomic mass is 16.5. The Kier molecular flexibility index (Phi) is 8.94. The predicted octanol–water partition coefficient (Wildman–Crippen LogP) is 0.413. The number of nitrogens with zero attached hydrogens (tertiary/aromatic N) is 3. The van der Waals surface area contributed by atoms with Crippen LogP contribution in [0.15, 0.2) is 24.3 Å². The molecule has 200 valence electrons. The number of piperazine rings is 1. The number of nitrogens with one attached hydrogen (secondary N) is 5. The lowest BCUT2D eigenvalue weighted by Crippen LogP contribution is -2.76. The van der Waals surface area contributed by atoms with Gasteiger partial charge < -0.3 is 15.0 Å². The second-order valence-electron chi connectivity index (χ2n) is 10.5. The Morgan fingerprint density at radius 1 is 0.944 bits per heavy atom. The van der Waals surface area contributed by atoms with Crippen molar-refractivity contribution in [2.75, 3.05) is 70.8 Å². The van der Waals surface area contributed by atoms with Crippen LogP contribution < -0.4 is 31.5 Å². The number of hydrogen-bond donors (Lipinski definition) is 5. The van der Waals surface area contributed by atoms with Crippen LogP contribution in [0, 0.1) is 5.92 Å². The van der Waals surface area contributed by atoms with Gasteiger partial charge in [0, 0.05) is 64.1 Å². The fourth-order valence-corrected chi connectivity index (χ4v) is 5.86. The average molecular weight is 501 g/mol. The molecule has 4 aliphatic heterocycles. The van der Waals surface area contributed by atoms with E-state index in [9.17, 15) is 4.79 Å². The first-order chi connectivity index (χ1) is 17.7. The molecular formula is C26H44N8O2. The van der Waals surface area contributed by atoms with Crippen molar-refractivity contribution >= 4 is 11.6 Å². The molecule has 0 spiro atoms. The molecule has 10 nitrogen and oxygen atoms in total. The van der Waals surface area contributed by atoms with Crippen LogP contribution in [0.1, 0.15) is 32.6 Å². The van der Waals surface area contributed by atoms with Crippen LogP contribution in [-0.2, 0) is 4.79 Å². The molecule has 0 radical (unpaired) electrons. The van der Waals surface area contributed by atoms with Gasteiger partial charge in [0.25, 0.3) is 0 Å². The Labute approximate surface area is 215 Å². The van der Waals surface area contributed by atoms with Gasteiger partial charge in [0.2, 0.25) is 5.91 Å². The molecule has 4 aliphatic rings. The average Bonchev–Trinajstić information content (AvgIpc) is 3.20. The number of hydrogen-bond acceptors (Lipinski definition) is 9. The van der Waals surface area contributed by atoms with E-state index in [1.165, 1.54) is 25.7 Å². The van der Waals surface area contributed by atoms with Crippen molar-refractivity contribution in [2.24, 2.45) is 5.92 Å². The second-order valence-corrected chi connectivity index (χ2v) is 10.5. The molecule has 4 atom stereocenters. The first kappa shape index (κ1) is 25.7. The van der Waals surface area contributed by atoms with E-state index in [0.29, 0.717) is 13.2 Å². The van der Waals surface area contributed by atoms with Crippen LogP contribution >= 0.6 is 0 Å². The monoisotopic (exact) mass is 500 g/mol. The summed E-state index contributed by atoms with van der Waals surface area (Å²) in [7, 11) is 0. The minimum Gasteiger partial charge on any atom is -0.492 e. The quantitative estimate of drug-likeness (QED) is 0.348. The number of rotatable bonds is 8. The van der Waals surface area contributed by atoms with E-state index in [1.807, 2.05) is 24.3 Å². The molecule has 0 aliphatic carbocycles. The fourth-order valence-electron chi connectivity index (χ4n) is 5.86. The number of likely N-dealkylation sites (tertiary alicyclic amines) is 1. The maximum absolute atomic E-state index is 12.8. The SMILES string of the molecule is CCN1CCN(CCOc2ccc(NC3NC(N4CCCCCC4)NC4CNNC(=O)C43)cc2)CC1. The van der Waals surface area contributed by atoms with E-state index in [0.717, 1.165) is 63.8 Å². The number of carbonyl (C=O) groups excluding carboxylic acids is 1. The summed E-state index contributed by atoms with van der Waals surface area (Å²) in [5.74, 6) is 0.683. The summed E-state index contributed by atoms with van der Waals surface area (Å²) >= 11 is 0. The highest BCUT2D eigenvalue weighted by Crippen LogP contribution is 2.24. The first-order valence-corrected chi connectivity index (χ1v) is 13.9. The van der Waals surface area contributed by atoms with Crippen molar-refractivity contribution in [1.82, 2.24) is 36.2 Å². The van der Waals surface area contributed by atoms with E-state index in [1.54, 1.807) is 0 Å². The Morgan fingerprint density at radius 2 is 1.67 bits per heavy atom. The maximum atomic E-state index is 12.8. The van der Waals surface area contributed by atoms with Crippen LogP contribution in [0.2, 0.25) is 0 Å². The Morgan fingerprint density at radius 3 is 2.39 bits per heavy atom. The van der Waals surface area contributed by atoms with Gasteiger partial charge >= 0.3 is 0 Å². The summed E-state index contributed by atoms with van der Waals surface area (Å²) < 4.78 is 6.03. The molecule has 4 heterocycles. The zero-order valence-corrected chi connectivity index (χ0v) is 21.7. The molecule has 5 N–H and O–H groups in total. The van der Waals surface area contributed by atoms with Gasteiger partial charge in [0.05, 0.1) is 12.1 Å². The summed E-state index contributed by atoms with van der Waals surface area (Å²) in [5.41, 5.74) is 6.85. The van der Waals surface area contributed by atoms with Crippen LogP contribution in [0.5, 0.6) is 5.75 Å². The third kappa shape index (κ3) is 6.48. The van der Waals surface area contributed by atoms with Gasteiger partial charge in [0.1, 0.15) is 18.6 Å². The summed E-state index contributed by atoms with van der Waals surface area (Å²) in [6.07, 6.45) is 4.93. The molecule has 1 amide bonds. The van der Waals surface area contributed by atoms with Gasteiger partial charge in [-0.3, -0.25) is 30.7 Å².